The molecule has 2 aliphatic heterocycles. The highest BCUT2D eigenvalue weighted by Crippen LogP contribution is 2.48. The van der Waals surface area contributed by atoms with E-state index in [2.05, 4.69) is 102 Å². The van der Waals surface area contributed by atoms with Gasteiger partial charge in [-0.25, -0.2) is 0 Å². The number of nitrogens with one attached hydrogen (secondary N) is 3. The standard InChI is InChI=1S/C44H54N4O4S/c1-30(45-5)42(49)46-38-21-23-53-40-26-44(3,4)41(48(40)31(38)2)43(50)47-39(35-14-10-7-11-15-35)29-52-28-34-17-19-36-24-33(16-18-37(36)25-34)27-51-22-20-32-12-8-6-9-13-32/h6-19,24-25,30,38-41,45H,2,20-23,26-29H2,1,3-5H3,(H,46,49)(H,47,50)/t30-,38-,39+,40-,41+/m0/s1. The molecular formula is C44H54N4O4S. The second-order valence-corrected chi connectivity index (χ2v) is 16.3. The topological polar surface area (TPSA) is 91.9 Å². The van der Waals surface area contributed by atoms with Gasteiger partial charge in [0, 0.05) is 5.70 Å². The Hall–Kier alpha value is -4.15. The van der Waals surface area contributed by atoms with Crippen LogP contribution in [-0.4, -0.2) is 66.2 Å². The van der Waals surface area contributed by atoms with E-state index >= 15 is 0 Å². The number of amides is 2. The van der Waals surface area contributed by atoms with Gasteiger partial charge >= 0.3 is 0 Å². The normalized spacial score (nSPS) is 20.7. The quantitative estimate of drug-likeness (QED) is 0.112. The van der Waals surface area contributed by atoms with E-state index in [-0.39, 0.29) is 40.7 Å². The molecule has 2 aliphatic rings. The molecular weight excluding hydrogens is 681 g/mol. The molecule has 0 aliphatic carbocycles. The van der Waals surface area contributed by atoms with E-state index in [4.69, 9.17) is 9.47 Å². The van der Waals surface area contributed by atoms with Gasteiger partial charge in [0.2, 0.25) is 11.8 Å². The number of nitrogens with zero attached hydrogens (tertiary/aromatic N) is 1. The third-order valence-corrected chi connectivity index (χ3v) is 11.8. The summed E-state index contributed by atoms with van der Waals surface area (Å²) in [5, 5.41) is 12.0. The molecule has 9 heteroatoms. The predicted molar refractivity (Wildman–Crippen MR) is 215 cm³/mol. The highest BCUT2D eigenvalue weighted by atomic mass is 32.2. The van der Waals surface area contributed by atoms with Gasteiger partial charge in [0.15, 0.2) is 0 Å². The fourth-order valence-electron chi connectivity index (χ4n) is 7.43. The van der Waals surface area contributed by atoms with E-state index in [1.54, 1.807) is 7.05 Å². The molecule has 0 unspecified atom stereocenters. The van der Waals surface area contributed by atoms with Crippen molar-refractivity contribution in [2.45, 2.75) is 82.8 Å². The molecule has 0 bridgehead atoms. The molecule has 3 N–H and O–H groups in total. The second kappa shape index (κ2) is 17.8. The van der Waals surface area contributed by atoms with Crippen LogP contribution in [0.15, 0.2) is 109 Å². The molecule has 0 aromatic heterocycles. The molecule has 2 saturated heterocycles. The number of carbonyl (C=O) groups is 2. The molecule has 0 radical (unpaired) electrons. The van der Waals surface area contributed by atoms with Crippen LogP contribution in [0.2, 0.25) is 0 Å². The minimum atomic E-state index is -0.447. The Kier molecular flexibility index (Phi) is 12.9. The van der Waals surface area contributed by atoms with Crippen LogP contribution < -0.4 is 16.0 Å². The molecule has 53 heavy (non-hydrogen) atoms. The van der Waals surface area contributed by atoms with Gasteiger partial charge in [0.1, 0.15) is 6.04 Å². The van der Waals surface area contributed by atoms with Crippen LogP contribution in [0.3, 0.4) is 0 Å². The average molecular weight is 735 g/mol. The van der Waals surface area contributed by atoms with Crippen molar-refractivity contribution in [3.05, 3.63) is 132 Å². The Morgan fingerprint density at radius 2 is 1.55 bits per heavy atom. The number of fused-ring (bicyclic) bond motifs is 2. The van der Waals surface area contributed by atoms with E-state index < -0.39 is 6.04 Å². The molecule has 0 spiro atoms. The van der Waals surface area contributed by atoms with Gasteiger partial charge in [-0.3, -0.25) is 9.59 Å². The summed E-state index contributed by atoms with van der Waals surface area (Å²) >= 11 is 1.85. The van der Waals surface area contributed by atoms with Crippen molar-refractivity contribution in [2.75, 3.05) is 26.0 Å². The van der Waals surface area contributed by atoms with Crippen LogP contribution >= 0.6 is 11.8 Å². The lowest BCUT2D eigenvalue weighted by Gasteiger charge is -2.38. The summed E-state index contributed by atoms with van der Waals surface area (Å²) in [5.41, 5.74) is 4.98. The maximum atomic E-state index is 14.4. The summed E-state index contributed by atoms with van der Waals surface area (Å²) < 4.78 is 12.3. The van der Waals surface area contributed by atoms with Gasteiger partial charge in [-0.2, -0.15) is 0 Å². The maximum absolute atomic E-state index is 14.4. The molecule has 0 saturated carbocycles. The summed E-state index contributed by atoms with van der Waals surface area (Å²) in [6, 6.07) is 32.0. The zero-order valence-electron chi connectivity index (χ0n) is 31.5. The number of benzene rings is 4. The molecule has 4 aromatic carbocycles. The number of hydrogen-bond acceptors (Lipinski definition) is 7. The Morgan fingerprint density at radius 1 is 0.906 bits per heavy atom. The van der Waals surface area contributed by atoms with Gasteiger partial charge in [-0.05, 0) is 89.6 Å². The van der Waals surface area contributed by atoms with Crippen LogP contribution in [0.4, 0.5) is 0 Å². The van der Waals surface area contributed by atoms with Gasteiger partial charge in [-0.15, -0.1) is 11.8 Å². The molecule has 5 atom stereocenters. The van der Waals surface area contributed by atoms with Crippen molar-refractivity contribution in [2.24, 2.45) is 5.41 Å². The third-order valence-electron chi connectivity index (χ3n) is 10.6. The van der Waals surface area contributed by atoms with E-state index in [0.29, 0.717) is 26.4 Å². The Bertz CT molecular complexity index is 1850. The molecule has 2 fully saturated rings. The fourth-order valence-corrected chi connectivity index (χ4v) is 9.04. The van der Waals surface area contributed by atoms with Gasteiger partial charge in [0.25, 0.3) is 0 Å². The van der Waals surface area contributed by atoms with E-state index in [9.17, 15) is 9.59 Å². The highest BCUT2D eigenvalue weighted by molar-refractivity contribution is 7.99. The molecule has 2 amide bonds. The minimum Gasteiger partial charge on any atom is -0.376 e. The largest absolute Gasteiger partial charge is 0.376 e. The number of hydrogen-bond donors (Lipinski definition) is 3. The van der Waals surface area contributed by atoms with Crippen LogP contribution in [-0.2, 0) is 38.7 Å². The van der Waals surface area contributed by atoms with Crippen molar-refractivity contribution in [3.63, 3.8) is 0 Å². The maximum Gasteiger partial charge on any atom is 0.243 e. The second-order valence-electron chi connectivity index (χ2n) is 15.0. The number of rotatable bonds is 15. The van der Waals surface area contributed by atoms with Crippen molar-refractivity contribution in [1.82, 2.24) is 20.9 Å². The first-order valence-electron chi connectivity index (χ1n) is 18.8. The molecule has 2 heterocycles. The minimum absolute atomic E-state index is 0.0576. The van der Waals surface area contributed by atoms with Crippen LogP contribution in [0, 0.1) is 5.41 Å². The van der Waals surface area contributed by atoms with E-state index in [1.165, 1.54) is 5.56 Å². The fraction of sp³-hybridized carbons (Fsp3) is 0.409. The van der Waals surface area contributed by atoms with E-state index in [1.807, 2.05) is 55.1 Å². The van der Waals surface area contributed by atoms with Crippen molar-refractivity contribution >= 4 is 34.3 Å². The Balaban J connectivity index is 1.09. The van der Waals surface area contributed by atoms with Crippen molar-refractivity contribution < 1.29 is 19.1 Å². The Morgan fingerprint density at radius 3 is 2.21 bits per heavy atom. The summed E-state index contributed by atoms with van der Waals surface area (Å²) in [6.45, 7) is 12.6. The monoisotopic (exact) mass is 734 g/mol. The number of thioether (sulfide) groups is 1. The smallest absolute Gasteiger partial charge is 0.243 e. The van der Waals surface area contributed by atoms with Crippen LogP contribution in [0.25, 0.3) is 10.8 Å². The summed E-state index contributed by atoms with van der Waals surface area (Å²) in [7, 11) is 1.78. The zero-order chi connectivity index (χ0) is 37.4. The summed E-state index contributed by atoms with van der Waals surface area (Å²) in [4.78, 5) is 29.5. The average Bonchev–Trinajstić information content (AvgIpc) is 3.36. The number of likely N-dealkylation sites (N-methyl/N-ethyl adjacent to an activating group) is 1. The summed E-state index contributed by atoms with van der Waals surface area (Å²) in [5.74, 6) is 0.750. The lowest BCUT2D eigenvalue weighted by Crippen LogP contribution is -2.54. The molecule has 8 nitrogen and oxygen atoms in total. The zero-order valence-corrected chi connectivity index (χ0v) is 32.3. The van der Waals surface area contributed by atoms with Gasteiger partial charge in [0.05, 0.1) is 49.9 Å². The van der Waals surface area contributed by atoms with E-state index in [0.717, 1.165) is 58.2 Å². The SMILES string of the molecule is C=C1[C@@H](NC(=O)[C@H](C)NC)CCS[C@H]2CC(C)(C)[C@@H](C(=O)N[C@H](COCc3ccc4cc(COCCc5ccccc5)ccc4c3)c3ccccc3)N12. The first-order chi connectivity index (χ1) is 25.6. The molecule has 6 rings (SSSR count). The van der Waals surface area contributed by atoms with Gasteiger partial charge < -0.3 is 30.3 Å². The lowest BCUT2D eigenvalue weighted by molar-refractivity contribution is -0.128. The summed E-state index contributed by atoms with van der Waals surface area (Å²) in [6.07, 6.45) is 2.52. The van der Waals surface area contributed by atoms with Crippen LogP contribution in [0.5, 0.6) is 0 Å². The molecule has 280 valence electrons. The lowest BCUT2D eigenvalue weighted by atomic mass is 9.83. The van der Waals surface area contributed by atoms with Crippen LogP contribution in [0.1, 0.15) is 61.9 Å². The number of ether oxygens (including phenoxy) is 2. The number of carbonyl (C=O) groups excluding carboxylic acids is 2. The predicted octanol–water partition coefficient (Wildman–Crippen LogP) is 7.14. The van der Waals surface area contributed by atoms with Crippen molar-refractivity contribution in [1.29, 1.82) is 0 Å². The Labute approximate surface area is 319 Å². The first-order valence-corrected chi connectivity index (χ1v) is 19.8. The first kappa shape index (κ1) is 38.6. The van der Waals surface area contributed by atoms with Crippen molar-refractivity contribution in [3.8, 4) is 0 Å². The third kappa shape index (κ3) is 9.70. The highest BCUT2D eigenvalue weighted by Gasteiger charge is 2.52. The molecule has 4 aromatic rings. The van der Waals surface area contributed by atoms with Gasteiger partial charge in [-0.1, -0.05) is 105 Å².